The Hall–Kier alpha value is -2.70. The standard InChI is InChI=1S/C17H20FN5O/c1-11-15(12(2)20-16(19-11)23-9-5-6-10-23)22-17(24)21-14-8-4-3-7-13(14)18/h3-4,7-8H,5-6,9-10H2,1-2H3,(H2,21,22,24). The Labute approximate surface area is 140 Å². The van der Waals surface area contributed by atoms with Crippen LogP contribution in [0.2, 0.25) is 0 Å². The van der Waals surface area contributed by atoms with E-state index in [0.717, 1.165) is 25.9 Å². The molecule has 1 aliphatic rings. The largest absolute Gasteiger partial charge is 0.341 e. The van der Waals surface area contributed by atoms with Crippen molar-refractivity contribution in [1.82, 2.24) is 9.97 Å². The second-order valence-electron chi connectivity index (χ2n) is 5.82. The van der Waals surface area contributed by atoms with Crippen LogP contribution >= 0.6 is 0 Å². The Morgan fingerprint density at radius 1 is 1.08 bits per heavy atom. The summed E-state index contributed by atoms with van der Waals surface area (Å²) in [4.78, 5) is 23.3. The van der Waals surface area contributed by atoms with Crippen molar-refractivity contribution in [2.75, 3.05) is 28.6 Å². The van der Waals surface area contributed by atoms with Crippen LogP contribution in [-0.4, -0.2) is 29.1 Å². The van der Waals surface area contributed by atoms with Gasteiger partial charge in [-0.1, -0.05) is 12.1 Å². The molecule has 7 heteroatoms. The molecule has 0 spiro atoms. The minimum Gasteiger partial charge on any atom is -0.341 e. The smallest absolute Gasteiger partial charge is 0.323 e. The van der Waals surface area contributed by atoms with Crippen molar-refractivity contribution in [2.24, 2.45) is 0 Å². The first-order valence-corrected chi connectivity index (χ1v) is 7.97. The third-order valence-electron chi connectivity index (χ3n) is 4.01. The van der Waals surface area contributed by atoms with Gasteiger partial charge in [0.2, 0.25) is 5.95 Å². The molecule has 24 heavy (non-hydrogen) atoms. The number of urea groups is 1. The lowest BCUT2D eigenvalue weighted by Gasteiger charge is -2.18. The maximum atomic E-state index is 13.6. The summed E-state index contributed by atoms with van der Waals surface area (Å²) < 4.78 is 13.6. The summed E-state index contributed by atoms with van der Waals surface area (Å²) in [5.41, 5.74) is 2.05. The van der Waals surface area contributed by atoms with Crippen LogP contribution < -0.4 is 15.5 Å². The fourth-order valence-corrected chi connectivity index (χ4v) is 2.77. The molecule has 2 amide bonds. The predicted molar refractivity (Wildman–Crippen MR) is 92.0 cm³/mol. The Morgan fingerprint density at radius 2 is 1.71 bits per heavy atom. The molecule has 1 aromatic carbocycles. The quantitative estimate of drug-likeness (QED) is 0.904. The summed E-state index contributed by atoms with van der Waals surface area (Å²) in [5.74, 6) is 0.212. The van der Waals surface area contributed by atoms with E-state index < -0.39 is 11.8 Å². The number of nitrogens with zero attached hydrogens (tertiary/aromatic N) is 3. The fraction of sp³-hybridized carbons (Fsp3) is 0.353. The highest BCUT2D eigenvalue weighted by atomic mass is 19.1. The van der Waals surface area contributed by atoms with Gasteiger partial charge in [0.05, 0.1) is 22.8 Å². The van der Waals surface area contributed by atoms with Crippen LogP contribution in [0.15, 0.2) is 24.3 Å². The first-order valence-electron chi connectivity index (χ1n) is 7.97. The zero-order valence-electron chi connectivity index (χ0n) is 13.8. The number of anilines is 3. The molecule has 0 saturated carbocycles. The second kappa shape index (κ2) is 6.82. The average molecular weight is 329 g/mol. The molecule has 126 valence electrons. The van der Waals surface area contributed by atoms with Gasteiger partial charge >= 0.3 is 6.03 Å². The number of para-hydroxylation sites is 1. The summed E-state index contributed by atoms with van der Waals surface area (Å²) in [6.07, 6.45) is 2.29. The van der Waals surface area contributed by atoms with E-state index in [-0.39, 0.29) is 5.69 Å². The minimum absolute atomic E-state index is 0.125. The summed E-state index contributed by atoms with van der Waals surface area (Å²) in [5, 5.41) is 5.20. The monoisotopic (exact) mass is 329 g/mol. The van der Waals surface area contributed by atoms with Gasteiger partial charge in [-0.25, -0.2) is 19.2 Å². The highest BCUT2D eigenvalue weighted by Crippen LogP contribution is 2.23. The predicted octanol–water partition coefficient (Wildman–Crippen LogP) is 3.48. The zero-order chi connectivity index (χ0) is 17.1. The first kappa shape index (κ1) is 16.2. The van der Waals surface area contributed by atoms with E-state index in [2.05, 4.69) is 25.5 Å². The minimum atomic E-state index is -0.524. The summed E-state index contributed by atoms with van der Waals surface area (Å²) in [6, 6.07) is 5.49. The number of halogens is 1. The number of hydrogen-bond acceptors (Lipinski definition) is 4. The van der Waals surface area contributed by atoms with Crippen LogP contribution in [-0.2, 0) is 0 Å². The topological polar surface area (TPSA) is 70.2 Å². The number of hydrogen-bond donors (Lipinski definition) is 2. The fourth-order valence-electron chi connectivity index (χ4n) is 2.77. The molecule has 1 fully saturated rings. The van der Waals surface area contributed by atoms with Gasteiger partial charge in [0.15, 0.2) is 0 Å². The molecule has 0 unspecified atom stereocenters. The number of carbonyl (C=O) groups excluding carboxylic acids is 1. The average Bonchev–Trinajstić information content (AvgIpc) is 3.07. The maximum absolute atomic E-state index is 13.6. The lowest BCUT2D eigenvalue weighted by Crippen LogP contribution is -2.24. The van der Waals surface area contributed by atoms with Gasteiger partial charge < -0.3 is 15.5 Å². The molecule has 0 aliphatic carbocycles. The maximum Gasteiger partial charge on any atom is 0.323 e. The second-order valence-corrected chi connectivity index (χ2v) is 5.82. The lowest BCUT2D eigenvalue weighted by atomic mass is 10.3. The summed E-state index contributed by atoms with van der Waals surface area (Å²) in [6.45, 7) is 5.57. The van der Waals surface area contributed by atoms with Gasteiger partial charge in [-0.05, 0) is 38.8 Å². The molecule has 0 atom stereocenters. The number of rotatable bonds is 3. The van der Waals surface area contributed by atoms with Gasteiger partial charge in [-0.2, -0.15) is 0 Å². The number of benzene rings is 1. The van der Waals surface area contributed by atoms with E-state index in [1.54, 1.807) is 12.1 Å². The number of amides is 2. The Morgan fingerprint density at radius 3 is 2.33 bits per heavy atom. The van der Waals surface area contributed by atoms with Crippen LogP contribution in [0.5, 0.6) is 0 Å². The molecular formula is C17H20FN5O. The SMILES string of the molecule is Cc1nc(N2CCCC2)nc(C)c1NC(=O)Nc1ccccc1F. The van der Waals surface area contributed by atoms with Crippen LogP contribution in [0, 0.1) is 19.7 Å². The van der Waals surface area contributed by atoms with Crippen LogP contribution in [0.4, 0.5) is 26.5 Å². The van der Waals surface area contributed by atoms with Gasteiger partial charge in [-0.15, -0.1) is 0 Å². The molecule has 0 bridgehead atoms. The molecule has 2 aromatic rings. The van der Waals surface area contributed by atoms with Crippen molar-refractivity contribution < 1.29 is 9.18 Å². The van der Waals surface area contributed by atoms with Crippen molar-refractivity contribution in [3.05, 3.63) is 41.5 Å². The summed E-state index contributed by atoms with van der Waals surface area (Å²) >= 11 is 0. The van der Waals surface area contributed by atoms with Crippen molar-refractivity contribution in [2.45, 2.75) is 26.7 Å². The Balaban J connectivity index is 1.75. The number of carbonyl (C=O) groups is 1. The van der Waals surface area contributed by atoms with E-state index in [9.17, 15) is 9.18 Å². The van der Waals surface area contributed by atoms with Crippen molar-refractivity contribution >= 4 is 23.4 Å². The van der Waals surface area contributed by atoms with E-state index in [4.69, 9.17) is 0 Å². The summed E-state index contributed by atoms with van der Waals surface area (Å²) in [7, 11) is 0. The Kier molecular flexibility index (Phi) is 4.59. The molecule has 1 saturated heterocycles. The number of aromatic nitrogens is 2. The molecule has 2 N–H and O–H groups in total. The third kappa shape index (κ3) is 3.45. The van der Waals surface area contributed by atoms with Gasteiger partial charge in [0, 0.05) is 13.1 Å². The van der Waals surface area contributed by atoms with E-state index in [1.165, 1.54) is 12.1 Å². The molecule has 6 nitrogen and oxygen atoms in total. The molecule has 0 radical (unpaired) electrons. The van der Waals surface area contributed by atoms with Crippen LogP contribution in [0.1, 0.15) is 24.2 Å². The van der Waals surface area contributed by atoms with Crippen molar-refractivity contribution in [1.29, 1.82) is 0 Å². The Bertz CT molecular complexity index is 735. The lowest BCUT2D eigenvalue weighted by molar-refractivity contribution is 0.262. The van der Waals surface area contributed by atoms with Gasteiger partial charge in [0.25, 0.3) is 0 Å². The zero-order valence-corrected chi connectivity index (χ0v) is 13.8. The van der Waals surface area contributed by atoms with Crippen molar-refractivity contribution in [3.63, 3.8) is 0 Å². The molecular weight excluding hydrogens is 309 g/mol. The normalized spacial score (nSPS) is 13.9. The van der Waals surface area contributed by atoms with Crippen molar-refractivity contribution in [3.8, 4) is 0 Å². The highest BCUT2D eigenvalue weighted by Gasteiger charge is 2.18. The number of nitrogens with one attached hydrogen (secondary N) is 2. The number of aryl methyl sites for hydroxylation is 2. The molecule has 1 aromatic heterocycles. The van der Waals surface area contributed by atoms with Crippen LogP contribution in [0.3, 0.4) is 0 Å². The first-order chi connectivity index (χ1) is 11.5. The third-order valence-corrected chi connectivity index (χ3v) is 4.01. The molecule has 1 aliphatic heterocycles. The van der Waals surface area contributed by atoms with E-state index in [0.29, 0.717) is 23.0 Å². The van der Waals surface area contributed by atoms with E-state index in [1.807, 2.05) is 13.8 Å². The van der Waals surface area contributed by atoms with Gasteiger partial charge in [-0.3, -0.25) is 0 Å². The molecule has 3 rings (SSSR count). The van der Waals surface area contributed by atoms with Gasteiger partial charge in [0.1, 0.15) is 5.82 Å². The molecule has 2 heterocycles. The van der Waals surface area contributed by atoms with E-state index >= 15 is 0 Å². The highest BCUT2D eigenvalue weighted by molar-refractivity contribution is 6.00. The van der Waals surface area contributed by atoms with Crippen LogP contribution in [0.25, 0.3) is 0 Å².